The van der Waals surface area contributed by atoms with E-state index in [1.165, 1.54) is 0 Å². The maximum absolute atomic E-state index is 12.3. The molecule has 0 atom stereocenters. The minimum absolute atomic E-state index is 0.225. The molecular formula is C29H28N2O5. The molecule has 0 unspecified atom stereocenters. The average Bonchev–Trinajstić information content (AvgIpc) is 2.94. The van der Waals surface area contributed by atoms with Crippen molar-refractivity contribution in [1.82, 2.24) is 9.97 Å². The number of ether oxygens (including phenoxy) is 4. The molecule has 36 heavy (non-hydrogen) atoms. The number of hydrogen-bond acceptors (Lipinski definition) is 7. The second-order valence-corrected chi connectivity index (χ2v) is 7.98. The van der Waals surface area contributed by atoms with Crippen LogP contribution in [-0.2, 0) is 29.2 Å². The normalized spacial score (nSPS) is 10.5. The maximum Gasteiger partial charge on any atom is 0.306 e. The van der Waals surface area contributed by atoms with Crippen molar-refractivity contribution in [3.05, 3.63) is 102 Å². The summed E-state index contributed by atoms with van der Waals surface area (Å²) >= 11 is 0. The van der Waals surface area contributed by atoms with E-state index in [2.05, 4.69) is 9.97 Å². The molecule has 0 bridgehead atoms. The fourth-order valence-electron chi connectivity index (χ4n) is 3.63. The van der Waals surface area contributed by atoms with Gasteiger partial charge in [0, 0.05) is 12.6 Å². The topological polar surface area (TPSA) is 79.8 Å². The SMILES string of the molecule is COc1ccc(COC(=O)CCc2ccccc2OCc2ccnc(-c3ccccc3OC)n2)cc1. The lowest BCUT2D eigenvalue weighted by Gasteiger charge is -2.12. The van der Waals surface area contributed by atoms with Crippen LogP contribution in [-0.4, -0.2) is 30.2 Å². The second kappa shape index (κ2) is 12.4. The predicted octanol–water partition coefficient (Wildman–Crippen LogP) is 5.42. The van der Waals surface area contributed by atoms with E-state index in [1.807, 2.05) is 78.9 Å². The Hall–Kier alpha value is -4.39. The van der Waals surface area contributed by atoms with E-state index in [1.54, 1.807) is 20.4 Å². The highest BCUT2D eigenvalue weighted by atomic mass is 16.5. The van der Waals surface area contributed by atoms with Crippen LogP contribution in [0.2, 0.25) is 0 Å². The van der Waals surface area contributed by atoms with Gasteiger partial charge in [-0.15, -0.1) is 0 Å². The highest BCUT2D eigenvalue weighted by Crippen LogP contribution is 2.27. The molecule has 184 valence electrons. The molecule has 7 nitrogen and oxygen atoms in total. The van der Waals surface area contributed by atoms with Gasteiger partial charge in [0.15, 0.2) is 5.82 Å². The minimum Gasteiger partial charge on any atom is -0.497 e. The Balaban J connectivity index is 1.33. The van der Waals surface area contributed by atoms with E-state index < -0.39 is 0 Å². The van der Waals surface area contributed by atoms with Crippen LogP contribution in [0.25, 0.3) is 11.4 Å². The summed E-state index contributed by atoms with van der Waals surface area (Å²) in [7, 11) is 3.24. The molecule has 0 spiro atoms. The van der Waals surface area contributed by atoms with Gasteiger partial charge in [-0.25, -0.2) is 9.97 Å². The summed E-state index contributed by atoms with van der Waals surface area (Å²) in [4.78, 5) is 21.3. The number of carbonyl (C=O) groups excluding carboxylic acids is 1. The summed E-state index contributed by atoms with van der Waals surface area (Å²) in [5.41, 5.74) is 3.39. The van der Waals surface area contributed by atoms with Gasteiger partial charge in [-0.2, -0.15) is 0 Å². The van der Waals surface area contributed by atoms with E-state index in [4.69, 9.17) is 18.9 Å². The van der Waals surface area contributed by atoms with Gasteiger partial charge in [0.05, 0.1) is 25.5 Å². The zero-order valence-corrected chi connectivity index (χ0v) is 20.3. The zero-order valence-electron chi connectivity index (χ0n) is 20.3. The van der Waals surface area contributed by atoms with Crippen molar-refractivity contribution in [3.63, 3.8) is 0 Å². The van der Waals surface area contributed by atoms with Crippen LogP contribution < -0.4 is 14.2 Å². The number of methoxy groups -OCH3 is 2. The lowest BCUT2D eigenvalue weighted by atomic mass is 10.1. The molecule has 0 saturated carbocycles. The van der Waals surface area contributed by atoms with E-state index in [9.17, 15) is 4.79 Å². The highest BCUT2D eigenvalue weighted by molar-refractivity contribution is 5.70. The number of hydrogen-bond donors (Lipinski definition) is 0. The third kappa shape index (κ3) is 6.60. The fourth-order valence-corrected chi connectivity index (χ4v) is 3.63. The van der Waals surface area contributed by atoms with Gasteiger partial charge >= 0.3 is 5.97 Å². The van der Waals surface area contributed by atoms with E-state index in [0.29, 0.717) is 23.7 Å². The Morgan fingerprint density at radius 1 is 0.806 bits per heavy atom. The van der Waals surface area contributed by atoms with Crippen LogP contribution in [0.5, 0.6) is 17.2 Å². The molecule has 0 aliphatic rings. The van der Waals surface area contributed by atoms with Crippen LogP contribution in [0.15, 0.2) is 85.1 Å². The van der Waals surface area contributed by atoms with Crippen LogP contribution in [0.4, 0.5) is 0 Å². The van der Waals surface area contributed by atoms with Gasteiger partial charge < -0.3 is 18.9 Å². The molecule has 3 aromatic carbocycles. The lowest BCUT2D eigenvalue weighted by Crippen LogP contribution is -2.07. The molecule has 4 aromatic rings. The van der Waals surface area contributed by atoms with Crippen LogP contribution >= 0.6 is 0 Å². The fraction of sp³-hybridized carbons (Fsp3) is 0.207. The molecule has 0 aliphatic heterocycles. The molecular weight excluding hydrogens is 456 g/mol. The summed E-state index contributed by atoms with van der Waals surface area (Å²) < 4.78 is 22.1. The third-order valence-electron chi connectivity index (χ3n) is 5.57. The molecule has 0 radical (unpaired) electrons. The first kappa shape index (κ1) is 24.7. The van der Waals surface area contributed by atoms with Gasteiger partial charge in [0.1, 0.15) is 30.5 Å². The minimum atomic E-state index is -0.266. The smallest absolute Gasteiger partial charge is 0.306 e. The summed E-state index contributed by atoms with van der Waals surface area (Å²) in [6, 6.07) is 24.5. The van der Waals surface area contributed by atoms with E-state index in [0.717, 1.165) is 28.1 Å². The average molecular weight is 485 g/mol. The van der Waals surface area contributed by atoms with E-state index >= 15 is 0 Å². The van der Waals surface area contributed by atoms with Crippen molar-refractivity contribution < 1.29 is 23.7 Å². The lowest BCUT2D eigenvalue weighted by molar-refractivity contribution is -0.144. The summed E-state index contributed by atoms with van der Waals surface area (Å²) in [6.07, 6.45) is 2.47. The number of para-hydroxylation sites is 2. The van der Waals surface area contributed by atoms with Gasteiger partial charge in [0.2, 0.25) is 0 Å². The Bertz CT molecular complexity index is 1290. The number of esters is 1. The Morgan fingerprint density at radius 3 is 2.33 bits per heavy atom. The van der Waals surface area contributed by atoms with Crippen molar-refractivity contribution in [2.24, 2.45) is 0 Å². The first-order valence-electron chi connectivity index (χ1n) is 11.6. The molecule has 0 aliphatic carbocycles. The van der Waals surface area contributed by atoms with Crippen LogP contribution in [0.3, 0.4) is 0 Å². The number of benzene rings is 3. The molecule has 0 saturated heterocycles. The Morgan fingerprint density at radius 2 is 1.56 bits per heavy atom. The van der Waals surface area contributed by atoms with Crippen molar-refractivity contribution in [2.45, 2.75) is 26.1 Å². The van der Waals surface area contributed by atoms with E-state index in [-0.39, 0.29) is 25.6 Å². The number of nitrogens with zero attached hydrogens (tertiary/aromatic N) is 2. The van der Waals surface area contributed by atoms with Crippen molar-refractivity contribution >= 4 is 5.97 Å². The van der Waals surface area contributed by atoms with Gasteiger partial charge in [-0.1, -0.05) is 42.5 Å². The van der Waals surface area contributed by atoms with Crippen molar-refractivity contribution in [3.8, 4) is 28.6 Å². The van der Waals surface area contributed by atoms with Crippen LogP contribution in [0, 0.1) is 0 Å². The van der Waals surface area contributed by atoms with Crippen molar-refractivity contribution in [1.29, 1.82) is 0 Å². The predicted molar refractivity (Wildman–Crippen MR) is 136 cm³/mol. The summed E-state index contributed by atoms with van der Waals surface area (Å²) in [5.74, 6) is 2.48. The van der Waals surface area contributed by atoms with Gasteiger partial charge in [0.25, 0.3) is 0 Å². The molecule has 0 amide bonds. The Labute approximate surface area is 210 Å². The first-order chi connectivity index (χ1) is 17.7. The summed E-state index contributed by atoms with van der Waals surface area (Å²) in [6.45, 7) is 0.493. The number of carbonyl (C=O) groups is 1. The molecule has 4 rings (SSSR count). The monoisotopic (exact) mass is 484 g/mol. The first-order valence-corrected chi connectivity index (χ1v) is 11.6. The number of rotatable bonds is 11. The molecule has 1 heterocycles. The number of aromatic nitrogens is 2. The van der Waals surface area contributed by atoms with Gasteiger partial charge in [-0.05, 0) is 53.9 Å². The Kier molecular flexibility index (Phi) is 8.48. The zero-order chi connectivity index (χ0) is 25.2. The molecule has 1 aromatic heterocycles. The quantitative estimate of drug-likeness (QED) is 0.263. The highest BCUT2D eigenvalue weighted by Gasteiger charge is 2.11. The third-order valence-corrected chi connectivity index (χ3v) is 5.57. The second-order valence-electron chi connectivity index (χ2n) is 7.98. The number of aryl methyl sites for hydroxylation is 1. The largest absolute Gasteiger partial charge is 0.497 e. The maximum atomic E-state index is 12.3. The van der Waals surface area contributed by atoms with Crippen LogP contribution in [0.1, 0.15) is 23.2 Å². The molecule has 0 N–H and O–H groups in total. The summed E-state index contributed by atoms with van der Waals surface area (Å²) in [5, 5.41) is 0. The standard InChI is InChI=1S/C29H28N2O5/c1-33-24-14-11-21(12-15-24)19-36-28(32)16-13-22-7-3-5-9-26(22)35-20-23-17-18-30-29(31-23)25-8-4-6-10-27(25)34-2/h3-12,14-15,17-18H,13,16,19-20H2,1-2H3. The molecule has 0 fully saturated rings. The van der Waals surface area contributed by atoms with Gasteiger partial charge in [-0.3, -0.25) is 4.79 Å². The molecule has 7 heteroatoms. The van der Waals surface area contributed by atoms with Crippen molar-refractivity contribution in [2.75, 3.05) is 14.2 Å².